The van der Waals surface area contributed by atoms with Gasteiger partial charge in [0.2, 0.25) is 0 Å². The average molecular weight is 523 g/mol. The predicted molar refractivity (Wildman–Crippen MR) is 142 cm³/mol. The maximum absolute atomic E-state index is 13.0. The summed E-state index contributed by atoms with van der Waals surface area (Å²) >= 11 is 3.44. The molecular weight excluding hydrogens is 504 g/mol. The maximum atomic E-state index is 13.0. The lowest BCUT2D eigenvalue weighted by atomic mass is 10.0. The topological polar surface area (TPSA) is 67.8 Å². The van der Waals surface area contributed by atoms with Crippen LogP contribution in [0.5, 0.6) is 5.75 Å². The van der Waals surface area contributed by atoms with Gasteiger partial charge in [0.1, 0.15) is 5.75 Å². The van der Waals surface area contributed by atoms with Gasteiger partial charge < -0.3 is 4.74 Å². The van der Waals surface area contributed by atoms with Crippen LogP contribution in [0, 0.1) is 0 Å². The molecule has 0 aliphatic rings. The van der Waals surface area contributed by atoms with Gasteiger partial charge in [-0.25, -0.2) is 10.2 Å². The molecule has 5 aromatic rings. The number of carbonyl (C=O) groups is 2. The molecule has 0 bridgehead atoms. The molecule has 1 N–H and O–H groups in total. The SMILES string of the molecule is O=C(N/N=C\c1cc(Br)ccc1OC(=O)c1cccc2ccccc12)c1cccc2ccccc12. The predicted octanol–water partition coefficient (Wildman–Crippen LogP) is 6.74. The zero-order valence-corrected chi connectivity index (χ0v) is 20.0. The van der Waals surface area contributed by atoms with Crippen molar-refractivity contribution in [1.82, 2.24) is 5.43 Å². The quantitative estimate of drug-likeness (QED) is 0.120. The van der Waals surface area contributed by atoms with Crippen molar-refractivity contribution in [2.75, 3.05) is 0 Å². The van der Waals surface area contributed by atoms with Gasteiger partial charge in [0, 0.05) is 15.6 Å². The summed E-state index contributed by atoms with van der Waals surface area (Å²) in [4.78, 5) is 25.8. The molecule has 0 spiro atoms. The Morgan fingerprint density at radius 1 is 0.743 bits per heavy atom. The van der Waals surface area contributed by atoms with Crippen LogP contribution in [0.2, 0.25) is 0 Å². The highest BCUT2D eigenvalue weighted by molar-refractivity contribution is 9.10. The number of fused-ring (bicyclic) bond motifs is 2. The van der Waals surface area contributed by atoms with Gasteiger partial charge in [-0.05, 0) is 51.9 Å². The van der Waals surface area contributed by atoms with Crippen molar-refractivity contribution >= 4 is 55.6 Å². The number of carbonyl (C=O) groups excluding carboxylic acids is 2. The number of halogens is 1. The summed E-state index contributed by atoms with van der Waals surface area (Å²) in [7, 11) is 0. The summed E-state index contributed by atoms with van der Waals surface area (Å²) in [6.45, 7) is 0. The van der Waals surface area contributed by atoms with Crippen LogP contribution in [-0.2, 0) is 0 Å². The Morgan fingerprint density at radius 3 is 2.06 bits per heavy atom. The number of amides is 1. The van der Waals surface area contributed by atoms with Crippen molar-refractivity contribution in [3.05, 3.63) is 124 Å². The first kappa shape index (κ1) is 22.5. The lowest BCUT2D eigenvalue weighted by Gasteiger charge is -2.10. The molecular formula is C29H19BrN2O3. The van der Waals surface area contributed by atoms with E-state index in [0.717, 1.165) is 26.0 Å². The van der Waals surface area contributed by atoms with Crippen LogP contribution >= 0.6 is 15.9 Å². The summed E-state index contributed by atoms with van der Waals surface area (Å²) in [5, 5.41) is 7.70. The van der Waals surface area contributed by atoms with Crippen LogP contribution in [0.1, 0.15) is 26.3 Å². The molecule has 1 amide bonds. The molecule has 0 heterocycles. The van der Waals surface area contributed by atoms with Crippen LogP contribution < -0.4 is 10.2 Å². The van der Waals surface area contributed by atoms with Crippen molar-refractivity contribution in [1.29, 1.82) is 0 Å². The minimum atomic E-state index is -0.474. The van der Waals surface area contributed by atoms with E-state index in [9.17, 15) is 9.59 Å². The van der Waals surface area contributed by atoms with Gasteiger partial charge >= 0.3 is 5.97 Å². The number of hydrazone groups is 1. The first-order valence-corrected chi connectivity index (χ1v) is 11.7. The molecule has 0 aromatic heterocycles. The number of rotatable bonds is 5. The van der Waals surface area contributed by atoms with Gasteiger partial charge in [0.05, 0.1) is 11.8 Å². The van der Waals surface area contributed by atoms with Crippen molar-refractivity contribution in [2.24, 2.45) is 5.10 Å². The number of nitrogens with zero attached hydrogens (tertiary/aromatic N) is 1. The van der Waals surface area contributed by atoms with E-state index in [1.54, 1.807) is 30.3 Å². The third-order valence-electron chi connectivity index (χ3n) is 5.59. The summed E-state index contributed by atoms with van der Waals surface area (Å²) in [6, 6.07) is 31.6. The highest BCUT2D eigenvalue weighted by Crippen LogP contribution is 2.25. The molecule has 5 rings (SSSR count). The maximum Gasteiger partial charge on any atom is 0.344 e. The van der Waals surface area contributed by atoms with Gasteiger partial charge in [-0.2, -0.15) is 5.10 Å². The second kappa shape index (κ2) is 9.91. The molecule has 170 valence electrons. The van der Waals surface area contributed by atoms with Crippen LogP contribution in [-0.4, -0.2) is 18.1 Å². The molecule has 0 saturated carbocycles. The fraction of sp³-hybridized carbons (Fsp3) is 0. The molecule has 6 heteroatoms. The number of hydrogen-bond donors (Lipinski definition) is 1. The van der Waals surface area contributed by atoms with Crippen LogP contribution in [0.4, 0.5) is 0 Å². The molecule has 0 radical (unpaired) electrons. The summed E-state index contributed by atoms with van der Waals surface area (Å²) < 4.78 is 6.51. The molecule has 5 aromatic carbocycles. The highest BCUT2D eigenvalue weighted by Gasteiger charge is 2.15. The molecule has 5 nitrogen and oxygen atoms in total. The van der Waals surface area contributed by atoms with Crippen molar-refractivity contribution in [3.63, 3.8) is 0 Å². The lowest BCUT2D eigenvalue weighted by Crippen LogP contribution is -2.18. The molecule has 0 aliphatic heterocycles. The largest absolute Gasteiger partial charge is 0.422 e. The minimum Gasteiger partial charge on any atom is -0.422 e. The molecule has 0 unspecified atom stereocenters. The number of benzene rings is 5. The smallest absolute Gasteiger partial charge is 0.344 e. The van der Waals surface area contributed by atoms with Crippen LogP contribution in [0.3, 0.4) is 0 Å². The monoisotopic (exact) mass is 522 g/mol. The zero-order valence-electron chi connectivity index (χ0n) is 18.4. The molecule has 0 atom stereocenters. The Kier molecular flexibility index (Phi) is 6.37. The summed E-state index contributed by atoms with van der Waals surface area (Å²) in [6.07, 6.45) is 1.46. The minimum absolute atomic E-state index is 0.328. The number of hydrogen-bond acceptors (Lipinski definition) is 4. The molecule has 0 saturated heterocycles. The van der Waals surface area contributed by atoms with Gasteiger partial charge in [0.25, 0.3) is 5.91 Å². The Labute approximate surface area is 210 Å². The third kappa shape index (κ3) is 4.83. The molecule has 35 heavy (non-hydrogen) atoms. The van der Waals surface area contributed by atoms with Gasteiger partial charge in [-0.1, -0.05) is 88.7 Å². The first-order chi connectivity index (χ1) is 17.1. The van der Waals surface area contributed by atoms with Crippen molar-refractivity contribution in [3.8, 4) is 5.75 Å². The Balaban J connectivity index is 1.38. The van der Waals surface area contributed by atoms with Crippen LogP contribution in [0.25, 0.3) is 21.5 Å². The van der Waals surface area contributed by atoms with E-state index in [4.69, 9.17) is 4.74 Å². The van der Waals surface area contributed by atoms with Gasteiger partial charge in [0.15, 0.2) is 0 Å². The Morgan fingerprint density at radius 2 is 1.34 bits per heavy atom. The van der Waals surface area contributed by atoms with E-state index >= 15 is 0 Å². The van der Waals surface area contributed by atoms with Crippen molar-refractivity contribution in [2.45, 2.75) is 0 Å². The normalized spacial score (nSPS) is 11.1. The molecule has 0 fully saturated rings. The average Bonchev–Trinajstić information content (AvgIpc) is 2.89. The van der Waals surface area contributed by atoms with E-state index in [1.165, 1.54) is 6.21 Å². The zero-order chi connectivity index (χ0) is 24.2. The number of esters is 1. The van der Waals surface area contributed by atoms with E-state index in [0.29, 0.717) is 22.4 Å². The van der Waals surface area contributed by atoms with E-state index in [2.05, 4.69) is 26.5 Å². The summed E-state index contributed by atoms with van der Waals surface area (Å²) in [5.41, 5.74) is 4.10. The van der Waals surface area contributed by atoms with Gasteiger partial charge in [-0.3, -0.25) is 4.79 Å². The second-order valence-corrected chi connectivity index (χ2v) is 8.74. The number of nitrogens with one attached hydrogen (secondary N) is 1. The fourth-order valence-corrected chi connectivity index (χ4v) is 4.29. The van der Waals surface area contributed by atoms with Crippen molar-refractivity contribution < 1.29 is 14.3 Å². The van der Waals surface area contributed by atoms with Gasteiger partial charge in [-0.15, -0.1) is 0 Å². The Hall–Kier alpha value is -4.29. The standard InChI is InChI=1S/C29H19BrN2O3/c30-22-15-16-27(35-29(34)26-14-6-10-20-8-2-4-12-24(20)26)21(17-22)18-31-32-28(33)25-13-5-9-19-7-1-3-11-23(19)25/h1-18H,(H,32,33)/b31-18-. The molecule has 0 aliphatic carbocycles. The lowest BCUT2D eigenvalue weighted by molar-refractivity contribution is 0.0736. The second-order valence-electron chi connectivity index (χ2n) is 7.82. The summed E-state index contributed by atoms with van der Waals surface area (Å²) in [5.74, 6) is -0.477. The first-order valence-electron chi connectivity index (χ1n) is 10.9. The van der Waals surface area contributed by atoms with E-state index < -0.39 is 5.97 Å². The van der Waals surface area contributed by atoms with Crippen LogP contribution in [0.15, 0.2) is 113 Å². The highest BCUT2D eigenvalue weighted by atomic mass is 79.9. The number of ether oxygens (including phenoxy) is 1. The van der Waals surface area contributed by atoms with E-state index in [1.807, 2.05) is 72.8 Å². The Bertz CT molecular complexity index is 1600. The third-order valence-corrected chi connectivity index (χ3v) is 6.08. The fourth-order valence-electron chi connectivity index (χ4n) is 3.92. The van der Waals surface area contributed by atoms with E-state index in [-0.39, 0.29) is 5.91 Å².